The van der Waals surface area contributed by atoms with E-state index in [-0.39, 0.29) is 0 Å². The highest BCUT2D eigenvalue weighted by molar-refractivity contribution is 5.49. The zero-order chi connectivity index (χ0) is 12.1. The molecule has 5 heteroatoms. The molecular weight excluding hydrogens is 216 g/mol. The van der Waals surface area contributed by atoms with Crippen molar-refractivity contribution in [3.8, 4) is 6.07 Å². The van der Waals surface area contributed by atoms with Gasteiger partial charge in [0.05, 0.1) is 11.6 Å². The van der Waals surface area contributed by atoms with Crippen LogP contribution in [0.3, 0.4) is 0 Å². The van der Waals surface area contributed by atoms with E-state index in [1.54, 1.807) is 19.1 Å². The van der Waals surface area contributed by atoms with E-state index < -0.39 is 0 Å². The molecule has 0 unspecified atom stereocenters. The van der Waals surface area contributed by atoms with Crippen molar-refractivity contribution in [3.63, 3.8) is 0 Å². The second kappa shape index (κ2) is 5.12. The van der Waals surface area contributed by atoms with E-state index in [9.17, 15) is 0 Å². The van der Waals surface area contributed by atoms with Crippen molar-refractivity contribution < 1.29 is 4.52 Å². The summed E-state index contributed by atoms with van der Waals surface area (Å²) in [6.07, 6.45) is 0.664. The number of nitriles is 1. The van der Waals surface area contributed by atoms with Gasteiger partial charge in [0.15, 0.2) is 5.82 Å². The van der Waals surface area contributed by atoms with Gasteiger partial charge in [-0.3, -0.25) is 0 Å². The third-order valence-electron chi connectivity index (χ3n) is 2.23. The van der Waals surface area contributed by atoms with Gasteiger partial charge in [0.2, 0.25) is 5.89 Å². The largest absolute Gasteiger partial charge is 0.384 e. The molecule has 0 aliphatic carbocycles. The Labute approximate surface area is 99.1 Å². The zero-order valence-electron chi connectivity index (χ0n) is 9.47. The predicted molar refractivity (Wildman–Crippen MR) is 62.4 cm³/mol. The number of rotatable bonds is 4. The van der Waals surface area contributed by atoms with Crippen LogP contribution in [0, 0.1) is 18.3 Å². The van der Waals surface area contributed by atoms with Crippen molar-refractivity contribution in [2.24, 2.45) is 0 Å². The van der Waals surface area contributed by atoms with Crippen molar-refractivity contribution in [1.82, 2.24) is 10.1 Å². The van der Waals surface area contributed by atoms with Gasteiger partial charge in [0.1, 0.15) is 0 Å². The van der Waals surface area contributed by atoms with Crippen LogP contribution >= 0.6 is 0 Å². The maximum atomic E-state index is 8.76. The molecule has 5 nitrogen and oxygen atoms in total. The molecule has 0 aliphatic heterocycles. The summed E-state index contributed by atoms with van der Waals surface area (Å²) in [6.45, 7) is 2.48. The van der Waals surface area contributed by atoms with E-state index in [0.717, 1.165) is 5.69 Å². The maximum absolute atomic E-state index is 8.76. The Morgan fingerprint density at radius 3 is 3.06 bits per heavy atom. The van der Waals surface area contributed by atoms with Crippen LogP contribution in [-0.4, -0.2) is 16.7 Å². The summed E-state index contributed by atoms with van der Waals surface area (Å²) in [4.78, 5) is 4.11. The van der Waals surface area contributed by atoms with Gasteiger partial charge in [-0.15, -0.1) is 0 Å². The Morgan fingerprint density at radius 1 is 1.47 bits per heavy atom. The van der Waals surface area contributed by atoms with Gasteiger partial charge in [-0.05, 0) is 25.1 Å². The summed E-state index contributed by atoms with van der Waals surface area (Å²) < 4.78 is 4.99. The monoisotopic (exact) mass is 228 g/mol. The average molecular weight is 228 g/mol. The first kappa shape index (κ1) is 11.1. The van der Waals surface area contributed by atoms with Gasteiger partial charge in [-0.1, -0.05) is 11.2 Å². The quantitative estimate of drug-likeness (QED) is 0.865. The fourth-order valence-electron chi connectivity index (χ4n) is 1.45. The highest BCUT2D eigenvalue weighted by Crippen LogP contribution is 2.09. The highest BCUT2D eigenvalue weighted by atomic mass is 16.5. The Balaban J connectivity index is 1.88. The Kier molecular flexibility index (Phi) is 3.36. The predicted octanol–water partition coefficient (Wildman–Crippen LogP) is 1.90. The van der Waals surface area contributed by atoms with Crippen LogP contribution in [0.15, 0.2) is 28.8 Å². The molecule has 0 bridgehead atoms. The fraction of sp³-hybridized carbons (Fsp3) is 0.250. The molecule has 1 heterocycles. The molecule has 1 aromatic heterocycles. The summed E-state index contributed by atoms with van der Waals surface area (Å²) in [5, 5.41) is 15.7. The van der Waals surface area contributed by atoms with Crippen molar-refractivity contribution >= 4 is 5.69 Å². The molecule has 0 saturated heterocycles. The molecule has 2 rings (SSSR count). The van der Waals surface area contributed by atoms with Gasteiger partial charge in [0.25, 0.3) is 0 Å². The molecule has 0 aliphatic rings. The number of aromatic nitrogens is 2. The molecule has 0 spiro atoms. The summed E-state index contributed by atoms with van der Waals surface area (Å²) in [6, 6.07) is 9.43. The van der Waals surface area contributed by atoms with Gasteiger partial charge >= 0.3 is 0 Å². The maximum Gasteiger partial charge on any atom is 0.228 e. The normalized spacial score (nSPS) is 9.88. The van der Waals surface area contributed by atoms with E-state index in [0.29, 0.717) is 30.2 Å². The molecule has 0 saturated carbocycles. The van der Waals surface area contributed by atoms with Crippen LogP contribution < -0.4 is 5.32 Å². The second-order valence-electron chi connectivity index (χ2n) is 3.60. The first-order chi connectivity index (χ1) is 8.28. The molecular formula is C12H12N4O. The number of nitrogens with one attached hydrogen (secondary N) is 1. The Hall–Kier alpha value is -2.35. The molecule has 0 atom stereocenters. The molecule has 1 aromatic carbocycles. The summed E-state index contributed by atoms with van der Waals surface area (Å²) in [5.41, 5.74) is 1.56. The lowest BCUT2D eigenvalue weighted by atomic mass is 10.2. The molecule has 0 amide bonds. The number of hydrogen-bond acceptors (Lipinski definition) is 5. The highest BCUT2D eigenvalue weighted by Gasteiger charge is 2.01. The van der Waals surface area contributed by atoms with Gasteiger partial charge in [0, 0.05) is 18.7 Å². The van der Waals surface area contributed by atoms with Crippen molar-refractivity contribution in [2.75, 3.05) is 11.9 Å². The summed E-state index contributed by atoms with van der Waals surface area (Å²) >= 11 is 0. The zero-order valence-corrected chi connectivity index (χ0v) is 9.47. The smallest absolute Gasteiger partial charge is 0.228 e. The summed E-state index contributed by atoms with van der Waals surface area (Å²) in [7, 11) is 0. The van der Waals surface area contributed by atoms with Crippen LogP contribution in [0.1, 0.15) is 17.3 Å². The van der Waals surface area contributed by atoms with E-state index in [4.69, 9.17) is 9.78 Å². The van der Waals surface area contributed by atoms with Crippen LogP contribution in [0.5, 0.6) is 0 Å². The first-order valence-corrected chi connectivity index (χ1v) is 5.31. The molecule has 1 N–H and O–H groups in total. The minimum absolute atomic E-state index is 0.617. The van der Waals surface area contributed by atoms with Crippen LogP contribution in [0.2, 0.25) is 0 Å². The van der Waals surface area contributed by atoms with E-state index >= 15 is 0 Å². The lowest BCUT2D eigenvalue weighted by Crippen LogP contribution is -2.05. The third kappa shape index (κ3) is 3.05. The molecule has 2 aromatic rings. The number of nitrogens with zero attached hydrogens (tertiary/aromatic N) is 3. The van der Waals surface area contributed by atoms with Crippen LogP contribution in [-0.2, 0) is 6.42 Å². The minimum atomic E-state index is 0.617. The number of benzene rings is 1. The van der Waals surface area contributed by atoms with Gasteiger partial charge in [-0.2, -0.15) is 10.2 Å². The molecule has 0 radical (unpaired) electrons. The molecule has 0 fully saturated rings. The van der Waals surface area contributed by atoms with E-state index in [1.807, 2.05) is 12.1 Å². The summed E-state index contributed by atoms with van der Waals surface area (Å²) in [5.74, 6) is 1.26. The Morgan fingerprint density at radius 2 is 2.35 bits per heavy atom. The van der Waals surface area contributed by atoms with Crippen molar-refractivity contribution in [3.05, 3.63) is 41.5 Å². The molecule has 86 valence electrons. The lowest BCUT2D eigenvalue weighted by Gasteiger charge is -2.04. The fourth-order valence-corrected chi connectivity index (χ4v) is 1.45. The topological polar surface area (TPSA) is 74.7 Å². The van der Waals surface area contributed by atoms with Crippen LogP contribution in [0.4, 0.5) is 5.69 Å². The molecule has 17 heavy (non-hydrogen) atoms. The first-order valence-electron chi connectivity index (χ1n) is 5.31. The number of hydrogen-bond donors (Lipinski definition) is 1. The third-order valence-corrected chi connectivity index (χ3v) is 2.23. The Bertz CT molecular complexity index is 541. The van der Waals surface area contributed by atoms with Crippen LogP contribution in [0.25, 0.3) is 0 Å². The standard InChI is InChI=1S/C12H12N4O/c1-9-15-12(17-16-9)5-6-14-11-4-2-3-10(7-11)8-13/h2-4,7,14H,5-6H2,1H3. The minimum Gasteiger partial charge on any atom is -0.384 e. The van der Waals surface area contributed by atoms with E-state index in [1.165, 1.54) is 0 Å². The van der Waals surface area contributed by atoms with Gasteiger partial charge in [-0.25, -0.2) is 0 Å². The van der Waals surface area contributed by atoms with E-state index in [2.05, 4.69) is 21.5 Å². The SMILES string of the molecule is Cc1noc(CCNc2cccc(C#N)c2)n1. The lowest BCUT2D eigenvalue weighted by molar-refractivity contribution is 0.377. The average Bonchev–Trinajstić information content (AvgIpc) is 2.75. The second-order valence-corrected chi connectivity index (χ2v) is 3.60. The van der Waals surface area contributed by atoms with Gasteiger partial charge < -0.3 is 9.84 Å². The number of anilines is 1. The number of aryl methyl sites for hydroxylation is 1. The van der Waals surface area contributed by atoms with Crippen molar-refractivity contribution in [1.29, 1.82) is 5.26 Å². The van der Waals surface area contributed by atoms with Crippen molar-refractivity contribution in [2.45, 2.75) is 13.3 Å².